The molecule has 1 aliphatic heterocycles. The van der Waals surface area contributed by atoms with Gasteiger partial charge >= 0.3 is 0 Å². The molecule has 10 heteroatoms. The molecule has 2 N–H and O–H groups in total. The minimum Gasteiger partial charge on any atom is -0.483 e. The van der Waals surface area contributed by atoms with Crippen molar-refractivity contribution < 1.29 is 27.4 Å². The van der Waals surface area contributed by atoms with Crippen LogP contribution in [0.25, 0.3) is 0 Å². The molecule has 0 aliphatic carbocycles. The van der Waals surface area contributed by atoms with E-state index in [-0.39, 0.29) is 24.2 Å². The van der Waals surface area contributed by atoms with Gasteiger partial charge in [0.15, 0.2) is 18.1 Å². The van der Waals surface area contributed by atoms with Crippen LogP contribution < -0.4 is 24.2 Å². The molecule has 1 heterocycles. The highest BCUT2D eigenvalue weighted by Gasteiger charge is 2.17. The van der Waals surface area contributed by atoms with Crippen LogP contribution in [0.15, 0.2) is 65.6 Å². The van der Waals surface area contributed by atoms with Gasteiger partial charge in [0.05, 0.1) is 4.90 Å². The largest absolute Gasteiger partial charge is 0.483 e. The monoisotopic (exact) mass is 474 g/mol. The number of fused-ring (bicyclic) bond motifs is 1. The summed E-state index contributed by atoms with van der Waals surface area (Å²) < 4.78 is 43.8. The lowest BCUT2D eigenvalue weighted by Gasteiger charge is -2.12. The number of aryl methyl sites for hydroxylation is 1. The minimum atomic E-state index is -3.79. The van der Waals surface area contributed by atoms with Crippen molar-refractivity contribution in [2.75, 3.05) is 23.4 Å². The number of halogens is 1. The standard InChI is InChI=1S/C22H19ClN2O6S/c1-14-10-18(32(27,28)25-16-4-2-15(23)3-5-16)7-9-19(14)29-12-22(26)24-17-6-8-20-21(11-17)31-13-30-20/h2-11,25H,12-13H2,1H3,(H,24,26). The van der Waals surface area contributed by atoms with Crippen LogP contribution in [0.1, 0.15) is 5.56 Å². The summed E-state index contributed by atoms with van der Waals surface area (Å²) in [5.74, 6) is 1.21. The van der Waals surface area contributed by atoms with Crippen LogP contribution in [-0.2, 0) is 14.8 Å². The molecule has 0 bridgehead atoms. The van der Waals surface area contributed by atoms with Crippen molar-refractivity contribution >= 4 is 38.9 Å². The number of nitrogens with one attached hydrogen (secondary N) is 2. The average Bonchev–Trinajstić information content (AvgIpc) is 3.22. The van der Waals surface area contributed by atoms with E-state index in [1.54, 1.807) is 49.4 Å². The van der Waals surface area contributed by atoms with Crippen molar-refractivity contribution in [3.63, 3.8) is 0 Å². The Kier molecular flexibility index (Phi) is 6.11. The zero-order valence-corrected chi connectivity index (χ0v) is 18.5. The normalized spacial score (nSPS) is 12.3. The van der Waals surface area contributed by atoms with Crippen LogP contribution >= 0.6 is 11.6 Å². The van der Waals surface area contributed by atoms with Crippen LogP contribution in [0.5, 0.6) is 17.2 Å². The molecule has 32 heavy (non-hydrogen) atoms. The molecular formula is C22H19ClN2O6S. The fourth-order valence-corrected chi connectivity index (χ4v) is 4.27. The van der Waals surface area contributed by atoms with Crippen LogP contribution in [0.4, 0.5) is 11.4 Å². The van der Waals surface area contributed by atoms with Gasteiger partial charge in [-0.25, -0.2) is 8.42 Å². The second kappa shape index (κ2) is 8.97. The second-order valence-electron chi connectivity index (χ2n) is 6.94. The van der Waals surface area contributed by atoms with Gasteiger partial charge < -0.3 is 19.5 Å². The number of anilines is 2. The van der Waals surface area contributed by atoms with Gasteiger partial charge in [-0.2, -0.15) is 0 Å². The molecule has 1 aliphatic rings. The third-order valence-corrected chi connectivity index (χ3v) is 6.20. The second-order valence-corrected chi connectivity index (χ2v) is 9.06. The highest BCUT2D eigenvalue weighted by molar-refractivity contribution is 7.92. The molecule has 3 aromatic carbocycles. The molecule has 0 saturated carbocycles. The number of sulfonamides is 1. The first-order valence-electron chi connectivity index (χ1n) is 9.51. The van der Waals surface area contributed by atoms with Crippen molar-refractivity contribution in [3.8, 4) is 17.2 Å². The lowest BCUT2D eigenvalue weighted by atomic mass is 10.2. The number of carbonyl (C=O) groups excluding carboxylic acids is 1. The third kappa shape index (κ3) is 5.06. The smallest absolute Gasteiger partial charge is 0.262 e. The van der Waals surface area contributed by atoms with Crippen molar-refractivity contribution in [2.45, 2.75) is 11.8 Å². The third-order valence-electron chi connectivity index (χ3n) is 4.57. The van der Waals surface area contributed by atoms with Gasteiger partial charge in [0.2, 0.25) is 6.79 Å². The van der Waals surface area contributed by atoms with Gasteiger partial charge in [-0.1, -0.05) is 11.6 Å². The fraction of sp³-hybridized carbons (Fsp3) is 0.136. The predicted octanol–water partition coefficient (Wildman–Crippen LogP) is 4.20. The quantitative estimate of drug-likeness (QED) is 0.532. The number of hydrogen-bond acceptors (Lipinski definition) is 6. The summed E-state index contributed by atoms with van der Waals surface area (Å²) in [7, 11) is -3.79. The summed E-state index contributed by atoms with van der Waals surface area (Å²) in [6.07, 6.45) is 0. The maximum atomic E-state index is 12.6. The summed E-state index contributed by atoms with van der Waals surface area (Å²) in [6.45, 7) is 1.60. The first kappa shape index (κ1) is 21.8. The van der Waals surface area contributed by atoms with Gasteiger partial charge in [0, 0.05) is 22.5 Å². The molecule has 8 nitrogen and oxygen atoms in total. The van der Waals surface area contributed by atoms with Gasteiger partial charge in [-0.05, 0) is 67.1 Å². The molecule has 166 valence electrons. The van der Waals surface area contributed by atoms with E-state index in [4.69, 9.17) is 25.8 Å². The summed E-state index contributed by atoms with van der Waals surface area (Å²) in [5.41, 5.74) is 1.52. The average molecular weight is 475 g/mol. The molecule has 0 fully saturated rings. The van der Waals surface area contributed by atoms with E-state index in [1.807, 2.05) is 0 Å². The van der Waals surface area contributed by atoms with Crippen LogP contribution in [0.2, 0.25) is 5.02 Å². The molecule has 3 aromatic rings. The fourth-order valence-electron chi connectivity index (χ4n) is 3.00. The van der Waals surface area contributed by atoms with E-state index < -0.39 is 10.0 Å². The Morgan fingerprint density at radius 3 is 2.47 bits per heavy atom. The molecule has 0 radical (unpaired) electrons. The molecule has 4 rings (SSSR count). The molecule has 0 saturated heterocycles. The maximum Gasteiger partial charge on any atom is 0.262 e. The summed E-state index contributed by atoms with van der Waals surface area (Å²) in [6, 6.07) is 15.8. The highest BCUT2D eigenvalue weighted by atomic mass is 35.5. The summed E-state index contributed by atoms with van der Waals surface area (Å²) >= 11 is 5.83. The van der Waals surface area contributed by atoms with E-state index in [9.17, 15) is 13.2 Å². The van der Waals surface area contributed by atoms with Gasteiger partial charge in [0.25, 0.3) is 15.9 Å². The lowest BCUT2D eigenvalue weighted by Crippen LogP contribution is -2.20. The van der Waals surface area contributed by atoms with E-state index in [2.05, 4.69) is 10.0 Å². The van der Waals surface area contributed by atoms with E-state index >= 15 is 0 Å². The molecule has 0 aromatic heterocycles. The number of benzene rings is 3. The molecule has 0 spiro atoms. The summed E-state index contributed by atoms with van der Waals surface area (Å²) in [5, 5.41) is 3.22. The maximum absolute atomic E-state index is 12.6. The minimum absolute atomic E-state index is 0.0714. The van der Waals surface area contributed by atoms with Crippen molar-refractivity contribution in [1.29, 1.82) is 0 Å². The molecular weight excluding hydrogens is 456 g/mol. The molecule has 0 atom stereocenters. The predicted molar refractivity (Wildman–Crippen MR) is 120 cm³/mol. The van der Waals surface area contributed by atoms with Crippen molar-refractivity contribution in [3.05, 3.63) is 71.2 Å². The summed E-state index contributed by atoms with van der Waals surface area (Å²) in [4.78, 5) is 12.3. The Bertz CT molecular complexity index is 1260. The topological polar surface area (TPSA) is 103 Å². The van der Waals surface area contributed by atoms with Crippen LogP contribution in [0.3, 0.4) is 0 Å². The number of hydrogen-bond donors (Lipinski definition) is 2. The van der Waals surface area contributed by atoms with Gasteiger partial charge in [0.1, 0.15) is 5.75 Å². The first-order valence-corrected chi connectivity index (χ1v) is 11.4. The zero-order chi connectivity index (χ0) is 22.7. The number of ether oxygens (including phenoxy) is 3. The van der Waals surface area contributed by atoms with E-state index in [0.717, 1.165) is 0 Å². The first-order chi connectivity index (χ1) is 15.3. The van der Waals surface area contributed by atoms with Crippen molar-refractivity contribution in [2.24, 2.45) is 0 Å². The van der Waals surface area contributed by atoms with Crippen LogP contribution in [-0.4, -0.2) is 27.7 Å². The van der Waals surface area contributed by atoms with Gasteiger partial charge in [-0.3, -0.25) is 9.52 Å². The van der Waals surface area contributed by atoms with E-state index in [1.165, 1.54) is 18.2 Å². The Labute approximate surface area is 190 Å². The Balaban J connectivity index is 1.37. The van der Waals surface area contributed by atoms with Crippen molar-refractivity contribution in [1.82, 2.24) is 0 Å². The molecule has 0 unspecified atom stereocenters. The van der Waals surface area contributed by atoms with Gasteiger partial charge in [-0.15, -0.1) is 0 Å². The molecule has 1 amide bonds. The van der Waals surface area contributed by atoms with E-state index in [0.29, 0.717) is 39.2 Å². The SMILES string of the molecule is Cc1cc(S(=O)(=O)Nc2ccc(Cl)cc2)ccc1OCC(=O)Nc1ccc2c(c1)OCO2. The lowest BCUT2D eigenvalue weighted by molar-refractivity contribution is -0.118. The van der Waals surface area contributed by atoms with Crippen LogP contribution in [0, 0.1) is 6.92 Å². The Morgan fingerprint density at radius 1 is 1.00 bits per heavy atom. The Hall–Kier alpha value is -3.43. The Morgan fingerprint density at radius 2 is 1.72 bits per heavy atom. The zero-order valence-electron chi connectivity index (χ0n) is 16.9. The number of rotatable bonds is 7. The highest BCUT2D eigenvalue weighted by Crippen LogP contribution is 2.34. The number of carbonyl (C=O) groups is 1. The number of amides is 1.